The molecule has 1 aliphatic rings. The molecule has 1 fully saturated rings. The summed E-state index contributed by atoms with van der Waals surface area (Å²) in [5.74, 6) is -2.19. The largest absolute Gasteiger partial charge is 0.336 e. The normalized spacial score (nSPS) is 15.4. The summed E-state index contributed by atoms with van der Waals surface area (Å²) in [6, 6.07) is 11.1. The summed E-state index contributed by atoms with van der Waals surface area (Å²) in [6.45, 7) is 3.61. The second-order valence-corrected chi connectivity index (χ2v) is 6.58. The van der Waals surface area contributed by atoms with Crippen molar-refractivity contribution >= 4 is 17.5 Å². The molecular formula is C19H19ClF2N2O. The molecule has 2 aromatic carbocycles. The van der Waals surface area contributed by atoms with Crippen LogP contribution < -0.4 is 0 Å². The van der Waals surface area contributed by atoms with Gasteiger partial charge in [-0.05, 0) is 42.3 Å². The average molecular weight is 365 g/mol. The Bertz CT molecular complexity index is 744. The molecule has 25 heavy (non-hydrogen) atoms. The Balaban J connectivity index is 1.50. The second-order valence-electron chi connectivity index (χ2n) is 6.14. The van der Waals surface area contributed by atoms with Gasteiger partial charge in [0, 0.05) is 43.3 Å². The predicted molar refractivity (Wildman–Crippen MR) is 93.9 cm³/mol. The van der Waals surface area contributed by atoms with Crippen molar-refractivity contribution in [2.24, 2.45) is 0 Å². The van der Waals surface area contributed by atoms with E-state index in [-0.39, 0.29) is 11.5 Å². The minimum atomic E-state index is -0.993. The fraction of sp³-hybridized carbons (Fsp3) is 0.316. The molecule has 0 bridgehead atoms. The predicted octanol–water partition coefficient (Wildman–Crippen LogP) is 3.62. The molecule has 1 heterocycles. The van der Waals surface area contributed by atoms with E-state index in [4.69, 9.17) is 11.6 Å². The lowest BCUT2D eigenvalue weighted by Gasteiger charge is -2.34. The third-order valence-corrected chi connectivity index (χ3v) is 4.71. The molecule has 0 spiro atoms. The van der Waals surface area contributed by atoms with Crippen LogP contribution in [0.15, 0.2) is 42.5 Å². The molecule has 0 aromatic heterocycles. The molecule has 3 rings (SSSR count). The van der Waals surface area contributed by atoms with Crippen LogP contribution in [-0.4, -0.2) is 48.4 Å². The standard InChI is InChI=1S/C19H19ClF2N2O/c20-16-4-1-14(2-5-16)7-8-23-9-11-24(12-10-23)19(25)15-3-6-17(21)18(22)13-15/h1-6,13H,7-12H2. The van der Waals surface area contributed by atoms with Gasteiger partial charge in [-0.25, -0.2) is 8.78 Å². The third kappa shape index (κ3) is 4.55. The topological polar surface area (TPSA) is 23.6 Å². The number of rotatable bonds is 4. The van der Waals surface area contributed by atoms with Gasteiger partial charge in [-0.15, -0.1) is 0 Å². The number of amides is 1. The van der Waals surface area contributed by atoms with Gasteiger partial charge in [0.15, 0.2) is 11.6 Å². The van der Waals surface area contributed by atoms with Crippen molar-refractivity contribution < 1.29 is 13.6 Å². The SMILES string of the molecule is O=C(c1ccc(F)c(F)c1)N1CCN(CCc2ccc(Cl)cc2)CC1. The van der Waals surface area contributed by atoms with Gasteiger partial charge in [-0.3, -0.25) is 9.69 Å². The van der Waals surface area contributed by atoms with Gasteiger partial charge in [0.1, 0.15) is 0 Å². The van der Waals surface area contributed by atoms with Crippen LogP contribution in [0.5, 0.6) is 0 Å². The highest BCUT2D eigenvalue weighted by Gasteiger charge is 2.22. The van der Waals surface area contributed by atoms with E-state index in [1.165, 1.54) is 11.6 Å². The monoisotopic (exact) mass is 364 g/mol. The van der Waals surface area contributed by atoms with Gasteiger partial charge in [0.05, 0.1) is 0 Å². The first-order chi connectivity index (χ1) is 12.0. The van der Waals surface area contributed by atoms with Gasteiger partial charge in [-0.2, -0.15) is 0 Å². The first kappa shape index (κ1) is 17.8. The average Bonchev–Trinajstić information content (AvgIpc) is 2.63. The molecule has 2 aromatic rings. The van der Waals surface area contributed by atoms with E-state index in [9.17, 15) is 13.6 Å². The minimum Gasteiger partial charge on any atom is -0.336 e. The number of hydrogen-bond donors (Lipinski definition) is 0. The van der Waals surface area contributed by atoms with E-state index in [1.54, 1.807) is 4.90 Å². The van der Waals surface area contributed by atoms with E-state index in [0.717, 1.165) is 43.2 Å². The molecule has 6 heteroatoms. The first-order valence-electron chi connectivity index (χ1n) is 8.24. The molecule has 0 aliphatic carbocycles. The molecule has 0 atom stereocenters. The maximum absolute atomic E-state index is 13.3. The number of hydrogen-bond acceptors (Lipinski definition) is 2. The van der Waals surface area contributed by atoms with E-state index in [1.807, 2.05) is 24.3 Å². The Morgan fingerprint density at radius 3 is 2.28 bits per heavy atom. The highest BCUT2D eigenvalue weighted by atomic mass is 35.5. The number of halogens is 3. The summed E-state index contributed by atoms with van der Waals surface area (Å²) in [5, 5.41) is 0.730. The van der Waals surface area contributed by atoms with E-state index in [0.29, 0.717) is 13.1 Å². The van der Waals surface area contributed by atoms with Crippen molar-refractivity contribution in [3.8, 4) is 0 Å². The quantitative estimate of drug-likeness (QED) is 0.827. The lowest BCUT2D eigenvalue weighted by atomic mass is 10.1. The molecule has 1 amide bonds. The second kappa shape index (κ2) is 7.93. The molecule has 0 N–H and O–H groups in total. The summed E-state index contributed by atoms with van der Waals surface area (Å²) in [7, 11) is 0. The Hall–Kier alpha value is -1.98. The molecule has 1 saturated heterocycles. The van der Waals surface area contributed by atoms with Crippen molar-refractivity contribution in [1.82, 2.24) is 9.80 Å². The van der Waals surface area contributed by atoms with Crippen molar-refractivity contribution in [2.45, 2.75) is 6.42 Å². The van der Waals surface area contributed by atoms with Crippen LogP contribution >= 0.6 is 11.6 Å². The molecule has 3 nitrogen and oxygen atoms in total. The summed E-state index contributed by atoms with van der Waals surface area (Å²) in [4.78, 5) is 16.4. The van der Waals surface area contributed by atoms with Crippen molar-refractivity contribution in [1.29, 1.82) is 0 Å². The Morgan fingerprint density at radius 2 is 1.64 bits per heavy atom. The van der Waals surface area contributed by atoms with E-state index >= 15 is 0 Å². The maximum atomic E-state index is 13.3. The van der Waals surface area contributed by atoms with E-state index in [2.05, 4.69) is 4.90 Å². The maximum Gasteiger partial charge on any atom is 0.254 e. The van der Waals surface area contributed by atoms with Gasteiger partial charge in [-0.1, -0.05) is 23.7 Å². The van der Waals surface area contributed by atoms with Gasteiger partial charge < -0.3 is 4.90 Å². The van der Waals surface area contributed by atoms with Crippen LogP contribution in [0.1, 0.15) is 15.9 Å². The van der Waals surface area contributed by atoms with Gasteiger partial charge >= 0.3 is 0 Å². The zero-order chi connectivity index (χ0) is 17.8. The number of benzene rings is 2. The van der Waals surface area contributed by atoms with E-state index < -0.39 is 11.6 Å². The molecular weight excluding hydrogens is 346 g/mol. The van der Waals surface area contributed by atoms with Crippen molar-refractivity contribution in [3.05, 3.63) is 70.2 Å². The van der Waals surface area contributed by atoms with Gasteiger partial charge in [0.2, 0.25) is 0 Å². The lowest BCUT2D eigenvalue weighted by Crippen LogP contribution is -2.49. The van der Waals surface area contributed by atoms with Crippen LogP contribution in [0.3, 0.4) is 0 Å². The minimum absolute atomic E-state index is 0.188. The number of carbonyl (C=O) groups is 1. The summed E-state index contributed by atoms with van der Waals surface area (Å²) < 4.78 is 26.3. The summed E-state index contributed by atoms with van der Waals surface area (Å²) in [6.07, 6.45) is 0.925. The fourth-order valence-electron chi connectivity index (χ4n) is 2.92. The Labute approximate surface area is 150 Å². The Morgan fingerprint density at radius 1 is 0.960 bits per heavy atom. The van der Waals surface area contributed by atoms with Crippen LogP contribution in [0, 0.1) is 11.6 Å². The smallest absolute Gasteiger partial charge is 0.254 e. The molecule has 0 radical (unpaired) electrons. The van der Waals surface area contributed by atoms with Crippen LogP contribution in [0.25, 0.3) is 0 Å². The first-order valence-corrected chi connectivity index (χ1v) is 8.62. The fourth-order valence-corrected chi connectivity index (χ4v) is 3.05. The summed E-state index contributed by atoms with van der Waals surface area (Å²) in [5.41, 5.74) is 1.42. The lowest BCUT2D eigenvalue weighted by molar-refractivity contribution is 0.0638. The third-order valence-electron chi connectivity index (χ3n) is 4.46. The molecule has 0 unspecified atom stereocenters. The number of carbonyl (C=O) groups excluding carboxylic acids is 1. The number of nitrogens with zero attached hydrogens (tertiary/aromatic N) is 2. The highest BCUT2D eigenvalue weighted by Crippen LogP contribution is 2.14. The Kier molecular flexibility index (Phi) is 5.66. The van der Waals surface area contributed by atoms with Crippen molar-refractivity contribution in [2.75, 3.05) is 32.7 Å². The zero-order valence-electron chi connectivity index (χ0n) is 13.7. The zero-order valence-corrected chi connectivity index (χ0v) is 14.5. The summed E-state index contributed by atoms with van der Waals surface area (Å²) >= 11 is 5.88. The van der Waals surface area contributed by atoms with Crippen LogP contribution in [0.2, 0.25) is 5.02 Å². The van der Waals surface area contributed by atoms with Crippen LogP contribution in [-0.2, 0) is 6.42 Å². The van der Waals surface area contributed by atoms with Crippen LogP contribution in [0.4, 0.5) is 8.78 Å². The molecule has 1 aliphatic heterocycles. The molecule has 0 saturated carbocycles. The number of piperazine rings is 1. The van der Waals surface area contributed by atoms with Gasteiger partial charge in [0.25, 0.3) is 5.91 Å². The highest BCUT2D eigenvalue weighted by molar-refractivity contribution is 6.30. The van der Waals surface area contributed by atoms with Crippen molar-refractivity contribution in [3.63, 3.8) is 0 Å². The molecule has 132 valence electrons.